The molecular weight excluding hydrogens is 154 g/mol. The lowest BCUT2D eigenvalue weighted by Gasteiger charge is -1.85. The first kappa shape index (κ1) is 7.15. The molecular formula is C7H11N5. The molecule has 0 aliphatic heterocycles. The Labute approximate surface area is 69.6 Å². The fourth-order valence-corrected chi connectivity index (χ4v) is 1.14. The minimum absolute atomic E-state index is 0.683. The van der Waals surface area contributed by atoms with E-state index in [4.69, 9.17) is 5.73 Å². The van der Waals surface area contributed by atoms with Crippen molar-refractivity contribution >= 4 is 11.3 Å². The zero-order chi connectivity index (χ0) is 8.72. The molecule has 0 bridgehead atoms. The molecule has 5 heteroatoms. The van der Waals surface area contributed by atoms with Crippen LogP contribution < -0.4 is 5.73 Å². The molecule has 0 saturated heterocycles. The molecule has 3 N–H and O–H groups in total. The van der Waals surface area contributed by atoms with E-state index in [1.807, 2.05) is 13.8 Å². The highest BCUT2D eigenvalue weighted by atomic mass is 15.5. The van der Waals surface area contributed by atoms with E-state index >= 15 is 0 Å². The molecule has 64 valence electrons. The maximum absolute atomic E-state index is 5.75. The van der Waals surface area contributed by atoms with Gasteiger partial charge in [-0.3, -0.25) is 5.10 Å². The van der Waals surface area contributed by atoms with Crippen molar-refractivity contribution < 1.29 is 0 Å². The third-order valence-electron chi connectivity index (χ3n) is 1.89. The van der Waals surface area contributed by atoms with Gasteiger partial charge in [0.15, 0.2) is 11.5 Å². The van der Waals surface area contributed by atoms with E-state index in [1.54, 1.807) is 4.63 Å². The molecule has 0 radical (unpaired) electrons. The highest BCUT2D eigenvalue weighted by Crippen LogP contribution is 2.14. The van der Waals surface area contributed by atoms with Crippen LogP contribution in [-0.4, -0.2) is 19.8 Å². The van der Waals surface area contributed by atoms with Crippen molar-refractivity contribution in [1.82, 2.24) is 19.8 Å². The van der Waals surface area contributed by atoms with Crippen LogP contribution in [0.4, 0.5) is 5.69 Å². The van der Waals surface area contributed by atoms with Crippen molar-refractivity contribution in [1.29, 1.82) is 0 Å². The number of hydrogen-bond acceptors (Lipinski definition) is 3. The van der Waals surface area contributed by atoms with Crippen LogP contribution in [0.2, 0.25) is 0 Å². The SMILES string of the molecule is CCc1nc2c(N)c(C)[nH]n2n1. The van der Waals surface area contributed by atoms with Crippen LogP contribution in [0.1, 0.15) is 18.4 Å². The van der Waals surface area contributed by atoms with E-state index in [2.05, 4.69) is 15.2 Å². The summed E-state index contributed by atoms with van der Waals surface area (Å²) in [6.45, 7) is 3.91. The Morgan fingerprint density at radius 3 is 2.92 bits per heavy atom. The summed E-state index contributed by atoms with van der Waals surface area (Å²) in [7, 11) is 0. The Morgan fingerprint density at radius 1 is 1.58 bits per heavy atom. The van der Waals surface area contributed by atoms with Crippen LogP contribution in [0.15, 0.2) is 0 Å². The maximum atomic E-state index is 5.75. The number of aryl methyl sites for hydroxylation is 2. The number of nitrogens with one attached hydrogen (secondary N) is 1. The Kier molecular flexibility index (Phi) is 1.33. The van der Waals surface area contributed by atoms with Gasteiger partial charge in [-0.25, -0.2) is 4.98 Å². The average Bonchev–Trinajstić information content (AvgIpc) is 2.55. The van der Waals surface area contributed by atoms with Gasteiger partial charge in [0.2, 0.25) is 0 Å². The lowest BCUT2D eigenvalue weighted by molar-refractivity contribution is 0.778. The van der Waals surface area contributed by atoms with Gasteiger partial charge in [-0.1, -0.05) is 6.92 Å². The van der Waals surface area contributed by atoms with Gasteiger partial charge >= 0.3 is 0 Å². The third kappa shape index (κ3) is 0.792. The van der Waals surface area contributed by atoms with Crippen molar-refractivity contribution in [3.8, 4) is 0 Å². The van der Waals surface area contributed by atoms with Crippen molar-refractivity contribution in [2.45, 2.75) is 20.3 Å². The topological polar surface area (TPSA) is 72.0 Å². The zero-order valence-electron chi connectivity index (χ0n) is 7.13. The smallest absolute Gasteiger partial charge is 0.198 e. The second-order valence-corrected chi connectivity index (χ2v) is 2.77. The van der Waals surface area contributed by atoms with Crippen molar-refractivity contribution in [2.24, 2.45) is 0 Å². The molecule has 5 nitrogen and oxygen atoms in total. The van der Waals surface area contributed by atoms with Gasteiger partial charge in [-0.15, -0.1) is 5.10 Å². The summed E-state index contributed by atoms with van der Waals surface area (Å²) < 4.78 is 1.61. The molecule has 2 aromatic heterocycles. The molecule has 0 spiro atoms. The molecule has 0 aliphatic carbocycles. The summed E-state index contributed by atoms with van der Waals surface area (Å²) in [6.07, 6.45) is 0.827. The average molecular weight is 165 g/mol. The van der Waals surface area contributed by atoms with Crippen molar-refractivity contribution in [2.75, 3.05) is 5.73 Å². The van der Waals surface area contributed by atoms with E-state index < -0.39 is 0 Å². The minimum atomic E-state index is 0.683. The van der Waals surface area contributed by atoms with Gasteiger partial charge in [0.05, 0.1) is 11.4 Å². The van der Waals surface area contributed by atoms with E-state index in [0.29, 0.717) is 5.69 Å². The standard InChI is InChI=1S/C7H11N5/c1-3-5-9-7-6(8)4(2)10-12(7)11-5/h10H,3,8H2,1-2H3. The maximum Gasteiger partial charge on any atom is 0.198 e. The van der Waals surface area contributed by atoms with Crippen molar-refractivity contribution in [3.63, 3.8) is 0 Å². The predicted molar refractivity (Wildman–Crippen MR) is 45.9 cm³/mol. The molecule has 0 unspecified atom stereocenters. The van der Waals surface area contributed by atoms with Crippen molar-refractivity contribution in [3.05, 3.63) is 11.5 Å². The number of hydrogen-bond donors (Lipinski definition) is 2. The first-order valence-electron chi connectivity index (χ1n) is 3.92. The third-order valence-corrected chi connectivity index (χ3v) is 1.89. The number of nitrogens with zero attached hydrogens (tertiary/aromatic N) is 3. The molecule has 0 amide bonds. The second kappa shape index (κ2) is 2.23. The van der Waals surface area contributed by atoms with Crippen LogP contribution in [0.3, 0.4) is 0 Å². The number of anilines is 1. The number of nitrogens with two attached hydrogens (primary N) is 1. The molecule has 2 heterocycles. The van der Waals surface area contributed by atoms with Crippen LogP contribution in [0.5, 0.6) is 0 Å². The molecule has 2 aromatic rings. The first-order valence-corrected chi connectivity index (χ1v) is 3.92. The summed E-state index contributed by atoms with van der Waals surface area (Å²) in [4.78, 5) is 4.25. The van der Waals surface area contributed by atoms with Gasteiger partial charge in [0, 0.05) is 6.42 Å². The first-order chi connectivity index (χ1) is 5.72. The highest BCUT2D eigenvalue weighted by Gasteiger charge is 2.08. The van der Waals surface area contributed by atoms with Gasteiger partial charge in [0.1, 0.15) is 0 Å². The number of nitrogen functional groups attached to an aromatic ring is 1. The normalized spacial score (nSPS) is 11.2. The summed E-state index contributed by atoms with van der Waals surface area (Å²) in [6, 6.07) is 0. The van der Waals surface area contributed by atoms with E-state index in [0.717, 1.165) is 23.6 Å². The van der Waals surface area contributed by atoms with Crippen LogP contribution in [-0.2, 0) is 6.42 Å². The fourth-order valence-electron chi connectivity index (χ4n) is 1.14. The molecule has 12 heavy (non-hydrogen) atoms. The van der Waals surface area contributed by atoms with Gasteiger partial charge in [-0.2, -0.15) is 4.63 Å². The summed E-state index contributed by atoms with van der Waals surface area (Å²) in [5.74, 6) is 0.813. The Morgan fingerprint density at radius 2 is 2.33 bits per heavy atom. The summed E-state index contributed by atoms with van der Waals surface area (Å²) in [5.41, 5.74) is 8.07. The number of H-pyrrole nitrogens is 1. The number of aromatic nitrogens is 4. The quantitative estimate of drug-likeness (QED) is 0.646. The number of rotatable bonds is 1. The molecule has 0 saturated carbocycles. The summed E-state index contributed by atoms with van der Waals surface area (Å²) >= 11 is 0. The van der Waals surface area contributed by atoms with E-state index in [-0.39, 0.29) is 0 Å². The van der Waals surface area contributed by atoms with E-state index in [9.17, 15) is 0 Å². The molecule has 0 aliphatic rings. The molecule has 0 atom stereocenters. The van der Waals surface area contributed by atoms with Gasteiger partial charge < -0.3 is 5.73 Å². The number of fused-ring (bicyclic) bond motifs is 1. The van der Waals surface area contributed by atoms with Crippen LogP contribution in [0.25, 0.3) is 5.65 Å². The highest BCUT2D eigenvalue weighted by molar-refractivity contribution is 5.66. The van der Waals surface area contributed by atoms with Crippen LogP contribution >= 0.6 is 0 Å². The minimum Gasteiger partial charge on any atom is -0.394 e. The van der Waals surface area contributed by atoms with Gasteiger partial charge in [-0.05, 0) is 6.92 Å². The van der Waals surface area contributed by atoms with Crippen LogP contribution in [0, 0.1) is 6.92 Å². The Hall–Kier alpha value is -1.52. The fraction of sp³-hybridized carbons (Fsp3) is 0.429. The molecule has 0 aromatic carbocycles. The summed E-state index contributed by atoms with van der Waals surface area (Å²) in [5, 5.41) is 7.18. The Bertz CT molecular complexity index is 411. The molecule has 0 fully saturated rings. The van der Waals surface area contributed by atoms with Gasteiger partial charge in [0.25, 0.3) is 0 Å². The zero-order valence-corrected chi connectivity index (χ0v) is 7.13. The predicted octanol–water partition coefficient (Wildman–Crippen LogP) is 0.510. The lowest BCUT2D eigenvalue weighted by atomic mass is 10.4. The largest absolute Gasteiger partial charge is 0.394 e. The lowest BCUT2D eigenvalue weighted by Crippen LogP contribution is -1.90. The Balaban J connectivity index is 2.71. The monoisotopic (exact) mass is 165 g/mol. The molecule has 2 rings (SSSR count). The second-order valence-electron chi connectivity index (χ2n) is 2.77. The number of aromatic amines is 1. The van der Waals surface area contributed by atoms with E-state index in [1.165, 1.54) is 0 Å².